The number of rotatable bonds is 1. The van der Waals surface area contributed by atoms with Crippen molar-refractivity contribution in [2.45, 2.75) is 11.8 Å². The number of fused-ring (bicyclic) bond motifs is 4. The standard InChI is InChI=1S/C20H14ClFN4O2/c1-25-16-8-11(22)6-7-12(16)20(19(25)28)9-17(27)24-18-13(20)10-23-26(18)15-5-3-2-4-14(15)21/h2-8,10H,9H2,1H3,(H,24,27)/t20-/m0/s1. The van der Waals surface area contributed by atoms with Crippen molar-refractivity contribution in [1.82, 2.24) is 9.78 Å². The average molecular weight is 397 g/mol. The monoisotopic (exact) mass is 396 g/mol. The highest BCUT2D eigenvalue weighted by atomic mass is 35.5. The van der Waals surface area contributed by atoms with Crippen LogP contribution in [0, 0.1) is 5.82 Å². The molecule has 1 N–H and O–H groups in total. The molecular formula is C20H14ClFN4O2. The summed E-state index contributed by atoms with van der Waals surface area (Å²) >= 11 is 6.31. The van der Waals surface area contributed by atoms with Crippen LogP contribution in [0.4, 0.5) is 15.9 Å². The van der Waals surface area contributed by atoms with Crippen LogP contribution >= 0.6 is 11.6 Å². The summed E-state index contributed by atoms with van der Waals surface area (Å²) in [6, 6.07) is 11.3. The van der Waals surface area contributed by atoms with Crippen LogP contribution in [0.1, 0.15) is 17.5 Å². The Morgan fingerprint density at radius 2 is 1.93 bits per heavy atom. The Morgan fingerprint density at radius 3 is 2.71 bits per heavy atom. The Hall–Kier alpha value is -3.19. The summed E-state index contributed by atoms with van der Waals surface area (Å²) in [5.41, 5.74) is 0.956. The Bertz CT molecular complexity index is 1170. The molecule has 2 aliphatic heterocycles. The molecule has 0 bridgehead atoms. The molecule has 0 unspecified atom stereocenters. The molecule has 6 nitrogen and oxygen atoms in total. The number of nitrogens with zero attached hydrogens (tertiary/aromatic N) is 3. The predicted octanol–water partition coefficient (Wildman–Crippen LogP) is 3.27. The third-order valence-corrected chi connectivity index (χ3v) is 5.76. The second-order valence-electron chi connectivity index (χ2n) is 6.93. The van der Waals surface area contributed by atoms with Gasteiger partial charge in [-0.15, -0.1) is 0 Å². The number of carbonyl (C=O) groups is 2. The van der Waals surface area contributed by atoms with Crippen LogP contribution in [-0.4, -0.2) is 28.6 Å². The molecular weight excluding hydrogens is 383 g/mol. The minimum Gasteiger partial charge on any atom is -0.314 e. The molecule has 0 saturated heterocycles. The van der Waals surface area contributed by atoms with E-state index in [-0.39, 0.29) is 18.2 Å². The van der Waals surface area contributed by atoms with Gasteiger partial charge in [0, 0.05) is 19.0 Å². The van der Waals surface area contributed by atoms with E-state index in [4.69, 9.17) is 11.6 Å². The molecule has 2 aromatic carbocycles. The minimum atomic E-state index is -1.24. The average Bonchev–Trinajstić information content (AvgIpc) is 3.17. The number of halogens is 2. The lowest BCUT2D eigenvalue weighted by atomic mass is 9.72. The fourth-order valence-corrected chi connectivity index (χ4v) is 4.40. The first kappa shape index (κ1) is 16.9. The van der Waals surface area contributed by atoms with Crippen LogP contribution in [0.15, 0.2) is 48.7 Å². The number of para-hydroxylation sites is 1. The molecule has 2 aliphatic rings. The molecule has 0 radical (unpaired) electrons. The molecule has 1 aromatic heterocycles. The quantitative estimate of drug-likeness (QED) is 0.686. The van der Waals surface area contributed by atoms with Crippen LogP contribution < -0.4 is 10.2 Å². The first-order valence-electron chi connectivity index (χ1n) is 8.65. The van der Waals surface area contributed by atoms with E-state index < -0.39 is 11.2 Å². The maximum atomic E-state index is 13.8. The minimum absolute atomic E-state index is 0.0734. The first-order valence-corrected chi connectivity index (χ1v) is 9.03. The van der Waals surface area contributed by atoms with Gasteiger partial charge in [0.15, 0.2) is 0 Å². The van der Waals surface area contributed by atoms with Gasteiger partial charge >= 0.3 is 0 Å². The first-order chi connectivity index (χ1) is 13.4. The van der Waals surface area contributed by atoms with Crippen LogP contribution in [0.2, 0.25) is 5.02 Å². The third-order valence-electron chi connectivity index (χ3n) is 5.44. The lowest BCUT2D eigenvalue weighted by Gasteiger charge is -2.32. The molecule has 0 saturated carbocycles. The third kappa shape index (κ3) is 2.05. The molecule has 5 rings (SSSR count). The zero-order valence-corrected chi connectivity index (χ0v) is 15.5. The Labute approximate surface area is 164 Å². The van der Waals surface area contributed by atoms with Gasteiger partial charge < -0.3 is 10.2 Å². The highest BCUT2D eigenvalue weighted by Crippen LogP contribution is 2.52. The summed E-state index contributed by atoms with van der Waals surface area (Å²) in [5, 5.41) is 7.68. The van der Waals surface area contributed by atoms with E-state index in [2.05, 4.69) is 10.4 Å². The smallest absolute Gasteiger partial charge is 0.242 e. The van der Waals surface area contributed by atoms with Gasteiger partial charge in [0.2, 0.25) is 11.8 Å². The van der Waals surface area contributed by atoms with Crippen molar-refractivity contribution in [3.8, 4) is 5.69 Å². The van der Waals surface area contributed by atoms with Gasteiger partial charge in [0.25, 0.3) is 0 Å². The SMILES string of the molecule is CN1C(=O)[C@@]2(CC(=O)Nc3c2cnn3-c2ccccc2Cl)c2ccc(F)cc21. The fraction of sp³-hybridized carbons (Fsp3) is 0.150. The number of hydrogen-bond donors (Lipinski definition) is 1. The number of carbonyl (C=O) groups excluding carboxylic acids is 2. The Balaban J connectivity index is 1.80. The summed E-state index contributed by atoms with van der Waals surface area (Å²) in [4.78, 5) is 27.4. The van der Waals surface area contributed by atoms with E-state index in [1.165, 1.54) is 21.7 Å². The maximum absolute atomic E-state index is 13.8. The molecule has 0 aliphatic carbocycles. The van der Waals surface area contributed by atoms with Crippen molar-refractivity contribution in [1.29, 1.82) is 0 Å². The van der Waals surface area contributed by atoms with E-state index in [0.29, 0.717) is 33.3 Å². The fourth-order valence-electron chi connectivity index (χ4n) is 4.18. The second kappa shape index (κ2) is 5.65. The summed E-state index contributed by atoms with van der Waals surface area (Å²) < 4.78 is 15.3. The largest absolute Gasteiger partial charge is 0.314 e. The number of aromatic nitrogens is 2. The van der Waals surface area contributed by atoms with Crippen molar-refractivity contribution >= 4 is 34.9 Å². The number of benzene rings is 2. The van der Waals surface area contributed by atoms with Gasteiger partial charge in [0.05, 0.1) is 22.6 Å². The lowest BCUT2D eigenvalue weighted by Crippen LogP contribution is -2.45. The number of nitrogens with one attached hydrogen (secondary N) is 1. The summed E-state index contributed by atoms with van der Waals surface area (Å²) in [6.45, 7) is 0. The van der Waals surface area contributed by atoms with Crippen LogP contribution in [0.25, 0.3) is 5.69 Å². The highest BCUT2D eigenvalue weighted by molar-refractivity contribution is 6.32. The van der Waals surface area contributed by atoms with Crippen molar-refractivity contribution < 1.29 is 14.0 Å². The molecule has 1 spiro atoms. The molecule has 8 heteroatoms. The summed E-state index contributed by atoms with van der Waals surface area (Å²) in [7, 11) is 1.58. The Kier molecular flexibility index (Phi) is 3.42. The molecule has 140 valence electrons. The molecule has 3 aromatic rings. The van der Waals surface area contributed by atoms with Crippen molar-refractivity contribution in [3.63, 3.8) is 0 Å². The van der Waals surface area contributed by atoms with Gasteiger partial charge in [-0.05, 0) is 29.8 Å². The molecule has 2 amide bonds. The van der Waals surface area contributed by atoms with Gasteiger partial charge in [-0.25, -0.2) is 9.07 Å². The van der Waals surface area contributed by atoms with Crippen LogP contribution in [0.5, 0.6) is 0 Å². The van der Waals surface area contributed by atoms with E-state index in [1.54, 1.807) is 37.5 Å². The van der Waals surface area contributed by atoms with E-state index in [0.717, 1.165) is 0 Å². The van der Waals surface area contributed by atoms with Gasteiger partial charge in [-0.1, -0.05) is 29.8 Å². The summed E-state index contributed by atoms with van der Waals surface area (Å²) in [5.74, 6) is -0.658. The number of hydrogen-bond acceptors (Lipinski definition) is 3. The van der Waals surface area contributed by atoms with Gasteiger partial charge in [-0.2, -0.15) is 5.10 Å². The summed E-state index contributed by atoms with van der Waals surface area (Å²) in [6.07, 6.45) is 1.50. The normalized spacial score (nSPS) is 20.3. The van der Waals surface area contributed by atoms with Crippen molar-refractivity contribution in [2.75, 3.05) is 17.3 Å². The van der Waals surface area contributed by atoms with Crippen molar-refractivity contribution in [2.24, 2.45) is 0 Å². The second-order valence-corrected chi connectivity index (χ2v) is 7.33. The van der Waals surface area contributed by atoms with E-state index in [1.807, 2.05) is 6.07 Å². The molecule has 3 heterocycles. The Morgan fingerprint density at radius 1 is 1.14 bits per heavy atom. The van der Waals surface area contributed by atoms with Crippen LogP contribution in [0.3, 0.4) is 0 Å². The predicted molar refractivity (Wildman–Crippen MR) is 102 cm³/mol. The molecule has 0 fully saturated rings. The number of anilines is 2. The number of amides is 2. The molecule has 1 atom stereocenters. The maximum Gasteiger partial charge on any atom is 0.242 e. The zero-order chi connectivity index (χ0) is 19.6. The van der Waals surface area contributed by atoms with Crippen LogP contribution in [-0.2, 0) is 15.0 Å². The zero-order valence-electron chi connectivity index (χ0n) is 14.7. The number of likely N-dealkylation sites (N-methyl/N-ethyl adjacent to an activating group) is 1. The highest BCUT2D eigenvalue weighted by Gasteiger charge is 2.56. The van der Waals surface area contributed by atoms with Crippen molar-refractivity contribution in [3.05, 3.63) is 70.6 Å². The van der Waals surface area contributed by atoms with Gasteiger partial charge in [-0.3, -0.25) is 9.59 Å². The topological polar surface area (TPSA) is 67.2 Å². The van der Waals surface area contributed by atoms with Gasteiger partial charge in [0.1, 0.15) is 17.1 Å². The molecule has 28 heavy (non-hydrogen) atoms. The van der Waals surface area contributed by atoms with E-state index in [9.17, 15) is 14.0 Å². The van der Waals surface area contributed by atoms with E-state index >= 15 is 0 Å². The lowest BCUT2D eigenvalue weighted by molar-refractivity contribution is -0.126.